The Hall–Kier alpha value is -3.80. The van der Waals surface area contributed by atoms with Crippen molar-refractivity contribution in [1.82, 2.24) is 36.2 Å². The highest BCUT2D eigenvalue weighted by molar-refractivity contribution is 8.00. The average Bonchev–Trinajstić information content (AvgIpc) is 3.72. The van der Waals surface area contributed by atoms with Crippen molar-refractivity contribution in [1.29, 1.82) is 0 Å². The van der Waals surface area contributed by atoms with Crippen molar-refractivity contribution in [3.05, 3.63) is 54.2 Å². The summed E-state index contributed by atoms with van der Waals surface area (Å²) in [6, 6.07) is 6.43. The van der Waals surface area contributed by atoms with E-state index in [1.807, 2.05) is 42.2 Å². The molecule has 2 aliphatic heterocycles. The van der Waals surface area contributed by atoms with Crippen LogP contribution in [-0.2, 0) is 27.2 Å². The number of imidazole rings is 1. The second kappa shape index (κ2) is 12.6. The smallest absolute Gasteiger partial charge is 0.315 e. The Morgan fingerprint density at radius 3 is 2.73 bits per heavy atom. The van der Waals surface area contributed by atoms with E-state index < -0.39 is 18.0 Å². The molecule has 4 amide bonds. The molecule has 2 aliphatic rings. The zero-order valence-electron chi connectivity index (χ0n) is 22.4. The molecular weight excluding hydrogens is 530 g/mol. The van der Waals surface area contributed by atoms with Crippen LogP contribution in [0.25, 0.3) is 10.9 Å². The van der Waals surface area contributed by atoms with Crippen molar-refractivity contribution in [2.45, 2.75) is 74.9 Å². The number of Topliss-reactive ketones (excluding diaryl/α,β-unsaturated/α-hetero) is 1. The molecule has 0 bridgehead atoms. The van der Waals surface area contributed by atoms with Crippen LogP contribution >= 0.6 is 11.8 Å². The highest BCUT2D eigenvalue weighted by Gasteiger charge is 2.42. The molecule has 2 saturated heterocycles. The van der Waals surface area contributed by atoms with Crippen LogP contribution < -0.4 is 21.3 Å². The number of nitrogens with one attached hydrogen (secondary N) is 6. The fourth-order valence-electron chi connectivity index (χ4n) is 5.45. The van der Waals surface area contributed by atoms with Crippen LogP contribution in [-0.4, -0.2) is 73.8 Å². The van der Waals surface area contributed by atoms with Crippen LogP contribution in [0.1, 0.15) is 43.9 Å². The number of unbranched alkanes of at least 4 members (excludes halogenated alkanes) is 1. The highest BCUT2D eigenvalue weighted by atomic mass is 32.2. The predicted molar refractivity (Wildman–Crippen MR) is 153 cm³/mol. The summed E-state index contributed by atoms with van der Waals surface area (Å²) in [6.07, 6.45) is 8.32. The van der Waals surface area contributed by atoms with Crippen LogP contribution in [0.2, 0.25) is 0 Å². The number of rotatable bonds is 13. The van der Waals surface area contributed by atoms with Crippen LogP contribution in [0, 0.1) is 0 Å². The molecule has 40 heavy (non-hydrogen) atoms. The SMILES string of the molecule is CC(=O)C(Cc1c[nH]c2ccccc12)NC(=O)C(Cc1c[nH]cn1)NC(=O)CCCC[C@@H]1SC[C@@H]2NC(=O)N[C@@H]21. The lowest BCUT2D eigenvalue weighted by Crippen LogP contribution is -2.52. The van der Waals surface area contributed by atoms with Gasteiger partial charge in [0.25, 0.3) is 0 Å². The number of para-hydroxylation sites is 1. The largest absolute Gasteiger partial charge is 0.361 e. The molecule has 2 fully saturated rings. The van der Waals surface area contributed by atoms with Gasteiger partial charge in [-0.25, -0.2) is 9.78 Å². The number of ketones is 1. The quantitative estimate of drug-likeness (QED) is 0.137. The number of hydrogen-bond donors (Lipinski definition) is 6. The minimum atomic E-state index is -0.869. The van der Waals surface area contributed by atoms with Crippen molar-refractivity contribution in [2.24, 2.45) is 0 Å². The van der Waals surface area contributed by atoms with Gasteiger partial charge in [0.1, 0.15) is 6.04 Å². The number of thioether (sulfide) groups is 1. The number of amides is 4. The van der Waals surface area contributed by atoms with Gasteiger partial charge < -0.3 is 31.2 Å². The van der Waals surface area contributed by atoms with Crippen molar-refractivity contribution in [3.8, 4) is 0 Å². The summed E-state index contributed by atoms with van der Waals surface area (Å²) < 4.78 is 0. The molecule has 11 nitrogen and oxygen atoms in total. The number of urea groups is 1. The van der Waals surface area contributed by atoms with Gasteiger partial charge in [0.15, 0.2) is 5.78 Å². The van der Waals surface area contributed by atoms with Crippen molar-refractivity contribution >= 4 is 46.3 Å². The van der Waals surface area contributed by atoms with Gasteiger partial charge in [0.2, 0.25) is 11.8 Å². The highest BCUT2D eigenvalue weighted by Crippen LogP contribution is 2.33. The Morgan fingerprint density at radius 1 is 1.07 bits per heavy atom. The Bertz CT molecular complexity index is 1360. The summed E-state index contributed by atoms with van der Waals surface area (Å²) in [5, 5.41) is 13.0. The van der Waals surface area contributed by atoms with Gasteiger partial charge in [-0.1, -0.05) is 24.6 Å². The zero-order valence-corrected chi connectivity index (χ0v) is 23.2. The van der Waals surface area contributed by atoms with Crippen LogP contribution in [0.3, 0.4) is 0 Å². The molecule has 5 rings (SSSR count). The maximum absolute atomic E-state index is 13.4. The van der Waals surface area contributed by atoms with Gasteiger partial charge in [-0.15, -0.1) is 0 Å². The van der Waals surface area contributed by atoms with Gasteiger partial charge in [-0.05, 0) is 31.4 Å². The summed E-state index contributed by atoms with van der Waals surface area (Å²) in [7, 11) is 0. The number of hydrogen-bond acceptors (Lipinski definition) is 6. The van der Waals surface area contributed by atoms with Crippen LogP contribution in [0.15, 0.2) is 43.0 Å². The first kappa shape index (κ1) is 27.8. The van der Waals surface area contributed by atoms with E-state index in [2.05, 4.69) is 36.2 Å². The molecule has 212 valence electrons. The standard InChI is InChI=1S/C28H35N7O4S/c1-16(36)21(10-17-12-30-20-7-3-2-6-19(17)20)33-27(38)22(11-18-13-29-15-31-18)32-25(37)9-5-4-8-24-26-23(14-40-24)34-28(39)35-26/h2-3,6-7,12-13,15,21-24,26,30H,4-5,8-11,14H2,1H3,(H,29,31)(H,32,37)(H,33,38)(H2,34,35,39)/t21?,22?,23-,24-,26-/m0/s1. The molecule has 2 aromatic heterocycles. The first-order valence-electron chi connectivity index (χ1n) is 13.7. The second-order valence-corrected chi connectivity index (χ2v) is 11.8. The Balaban J connectivity index is 1.16. The fraction of sp³-hybridized carbons (Fsp3) is 0.464. The number of carbonyl (C=O) groups is 4. The van der Waals surface area contributed by atoms with Crippen LogP contribution in [0.4, 0.5) is 4.79 Å². The Morgan fingerprint density at radius 2 is 1.93 bits per heavy atom. The topological polar surface area (TPSA) is 161 Å². The third kappa shape index (κ3) is 6.67. The van der Waals surface area contributed by atoms with E-state index in [0.717, 1.165) is 35.1 Å². The lowest BCUT2D eigenvalue weighted by molar-refractivity contribution is -0.131. The van der Waals surface area contributed by atoms with E-state index in [0.29, 0.717) is 23.8 Å². The van der Waals surface area contributed by atoms with E-state index in [1.54, 1.807) is 6.20 Å². The zero-order chi connectivity index (χ0) is 28.1. The summed E-state index contributed by atoms with van der Waals surface area (Å²) >= 11 is 1.85. The third-order valence-electron chi connectivity index (χ3n) is 7.61. The number of nitrogens with zero attached hydrogens (tertiary/aromatic N) is 1. The molecule has 6 N–H and O–H groups in total. The molecule has 4 heterocycles. The molecule has 12 heteroatoms. The Labute approximate surface area is 236 Å². The monoisotopic (exact) mass is 565 g/mol. The summed E-state index contributed by atoms with van der Waals surface area (Å²) in [4.78, 5) is 60.6. The van der Waals surface area contributed by atoms with E-state index in [1.165, 1.54) is 13.3 Å². The Kier molecular flexibility index (Phi) is 8.73. The third-order valence-corrected chi connectivity index (χ3v) is 9.12. The van der Waals surface area contributed by atoms with E-state index >= 15 is 0 Å². The number of carbonyl (C=O) groups excluding carboxylic acids is 4. The fourth-order valence-corrected chi connectivity index (χ4v) is 6.99. The average molecular weight is 566 g/mol. The molecule has 5 atom stereocenters. The number of aromatic nitrogens is 3. The maximum Gasteiger partial charge on any atom is 0.315 e. The second-order valence-electron chi connectivity index (χ2n) is 10.5. The molecule has 2 unspecified atom stereocenters. The molecule has 0 spiro atoms. The normalized spacial score (nSPS) is 21.3. The number of H-pyrrole nitrogens is 2. The molecule has 0 aliphatic carbocycles. The number of aromatic amines is 2. The number of benzene rings is 1. The first-order chi connectivity index (χ1) is 19.4. The predicted octanol–water partition coefficient (Wildman–Crippen LogP) is 1.96. The molecule has 0 radical (unpaired) electrons. The number of fused-ring (bicyclic) bond motifs is 2. The van der Waals surface area contributed by atoms with Gasteiger partial charge in [0, 0.05) is 53.6 Å². The summed E-state index contributed by atoms with van der Waals surface area (Å²) in [5.41, 5.74) is 2.53. The van der Waals surface area contributed by atoms with Gasteiger partial charge >= 0.3 is 6.03 Å². The first-order valence-corrected chi connectivity index (χ1v) is 14.7. The summed E-state index contributed by atoms with van der Waals surface area (Å²) in [6.45, 7) is 1.46. The molecule has 0 saturated carbocycles. The van der Waals surface area contributed by atoms with E-state index in [9.17, 15) is 19.2 Å². The van der Waals surface area contributed by atoms with E-state index in [4.69, 9.17) is 0 Å². The van der Waals surface area contributed by atoms with Gasteiger partial charge in [-0.3, -0.25) is 14.4 Å². The van der Waals surface area contributed by atoms with Crippen LogP contribution in [0.5, 0.6) is 0 Å². The summed E-state index contributed by atoms with van der Waals surface area (Å²) in [5.74, 6) is 0.0954. The van der Waals surface area contributed by atoms with Crippen molar-refractivity contribution < 1.29 is 19.2 Å². The van der Waals surface area contributed by atoms with Crippen molar-refractivity contribution in [2.75, 3.05) is 5.75 Å². The van der Waals surface area contributed by atoms with Crippen molar-refractivity contribution in [3.63, 3.8) is 0 Å². The molecule has 3 aromatic rings. The lowest BCUT2D eigenvalue weighted by atomic mass is 10.0. The minimum Gasteiger partial charge on any atom is -0.361 e. The molecule has 1 aromatic carbocycles. The van der Waals surface area contributed by atoms with Gasteiger partial charge in [0.05, 0.1) is 30.1 Å². The lowest BCUT2D eigenvalue weighted by Gasteiger charge is -2.22. The maximum atomic E-state index is 13.4. The minimum absolute atomic E-state index is 0.102. The molecular formula is C28H35N7O4S. The van der Waals surface area contributed by atoms with Gasteiger partial charge in [-0.2, -0.15) is 11.8 Å². The van der Waals surface area contributed by atoms with E-state index in [-0.39, 0.29) is 42.6 Å².